The molecular weight excluding hydrogens is 190 g/mol. The summed E-state index contributed by atoms with van der Waals surface area (Å²) in [5.74, 6) is 1.43. The normalized spacial score (nSPS) is 10.3. The van der Waals surface area contributed by atoms with Crippen molar-refractivity contribution >= 4 is 6.21 Å². The molecule has 0 spiro atoms. The van der Waals surface area contributed by atoms with E-state index in [1.807, 2.05) is 18.2 Å². The molecule has 0 aromatic heterocycles. The second kappa shape index (κ2) is 5.86. The number of benzene rings is 1. The van der Waals surface area contributed by atoms with E-state index >= 15 is 0 Å². The fourth-order valence-electron chi connectivity index (χ4n) is 1.17. The van der Waals surface area contributed by atoms with E-state index in [4.69, 9.17) is 9.47 Å². The summed E-state index contributed by atoms with van der Waals surface area (Å²) in [4.78, 5) is 4.15. The van der Waals surface area contributed by atoms with Gasteiger partial charge >= 0.3 is 0 Å². The highest BCUT2D eigenvalue weighted by Gasteiger charge is 2.02. The van der Waals surface area contributed by atoms with Crippen LogP contribution >= 0.6 is 0 Å². The van der Waals surface area contributed by atoms with E-state index in [1.54, 1.807) is 26.5 Å². The van der Waals surface area contributed by atoms with Gasteiger partial charge in [0.1, 0.15) is 0 Å². The standard InChI is InChI=1S/C12H15NO2/c1-4-7-13-9-10-5-6-11(14-2)12(8-10)15-3/h4-6,8-9H,1,7H2,2-3H3. The number of hydrogen-bond donors (Lipinski definition) is 0. The fourth-order valence-corrected chi connectivity index (χ4v) is 1.17. The van der Waals surface area contributed by atoms with Crippen molar-refractivity contribution in [2.75, 3.05) is 20.8 Å². The molecule has 0 heterocycles. The van der Waals surface area contributed by atoms with Crippen LogP contribution in [0.15, 0.2) is 35.8 Å². The third-order valence-corrected chi connectivity index (χ3v) is 1.88. The molecule has 0 bridgehead atoms. The van der Waals surface area contributed by atoms with Crippen LogP contribution in [0.1, 0.15) is 5.56 Å². The number of aliphatic imine (C=N–C) groups is 1. The largest absolute Gasteiger partial charge is 0.493 e. The molecule has 1 aromatic carbocycles. The highest BCUT2D eigenvalue weighted by molar-refractivity contribution is 5.81. The van der Waals surface area contributed by atoms with Crippen molar-refractivity contribution in [2.45, 2.75) is 0 Å². The predicted octanol–water partition coefficient (Wildman–Crippen LogP) is 2.31. The number of rotatable bonds is 5. The highest BCUT2D eigenvalue weighted by Crippen LogP contribution is 2.26. The molecule has 15 heavy (non-hydrogen) atoms. The minimum atomic E-state index is 0.619. The first-order valence-corrected chi connectivity index (χ1v) is 4.64. The molecule has 80 valence electrons. The molecule has 0 amide bonds. The fraction of sp³-hybridized carbons (Fsp3) is 0.250. The van der Waals surface area contributed by atoms with Gasteiger partial charge in [0.15, 0.2) is 11.5 Å². The maximum atomic E-state index is 5.18. The first kappa shape index (κ1) is 11.3. The lowest BCUT2D eigenvalue weighted by Gasteiger charge is -2.07. The summed E-state index contributed by atoms with van der Waals surface area (Å²) in [7, 11) is 3.23. The Morgan fingerprint density at radius 1 is 1.27 bits per heavy atom. The average Bonchev–Trinajstić information content (AvgIpc) is 2.29. The molecule has 0 saturated heterocycles. The number of ether oxygens (including phenoxy) is 2. The van der Waals surface area contributed by atoms with Crippen LogP contribution in [0.25, 0.3) is 0 Å². The third kappa shape index (κ3) is 3.13. The molecule has 0 N–H and O–H groups in total. The Bertz CT molecular complexity index is 359. The summed E-state index contributed by atoms with van der Waals surface area (Å²) in [6.07, 6.45) is 3.53. The van der Waals surface area contributed by atoms with Crippen molar-refractivity contribution < 1.29 is 9.47 Å². The first-order valence-electron chi connectivity index (χ1n) is 4.64. The third-order valence-electron chi connectivity index (χ3n) is 1.88. The summed E-state index contributed by atoms with van der Waals surface area (Å²) in [6, 6.07) is 5.66. The van der Waals surface area contributed by atoms with Crippen molar-refractivity contribution in [1.82, 2.24) is 0 Å². The average molecular weight is 205 g/mol. The van der Waals surface area contributed by atoms with Gasteiger partial charge < -0.3 is 9.47 Å². The second-order valence-electron chi connectivity index (χ2n) is 2.90. The first-order chi connectivity index (χ1) is 7.31. The lowest BCUT2D eigenvalue weighted by atomic mass is 10.2. The van der Waals surface area contributed by atoms with Crippen LogP contribution in [0, 0.1) is 0 Å². The van der Waals surface area contributed by atoms with E-state index in [1.165, 1.54) is 0 Å². The minimum Gasteiger partial charge on any atom is -0.493 e. The summed E-state index contributed by atoms with van der Waals surface area (Å²) >= 11 is 0. The molecule has 0 aliphatic rings. The van der Waals surface area contributed by atoms with Gasteiger partial charge in [0.2, 0.25) is 0 Å². The Kier molecular flexibility index (Phi) is 4.41. The van der Waals surface area contributed by atoms with E-state index in [9.17, 15) is 0 Å². The van der Waals surface area contributed by atoms with Crippen molar-refractivity contribution in [2.24, 2.45) is 4.99 Å². The van der Waals surface area contributed by atoms with Crippen molar-refractivity contribution in [1.29, 1.82) is 0 Å². The lowest BCUT2D eigenvalue weighted by Crippen LogP contribution is -1.92. The van der Waals surface area contributed by atoms with Gasteiger partial charge in [-0.3, -0.25) is 4.99 Å². The Morgan fingerprint density at radius 3 is 2.60 bits per heavy atom. The van der Waals surface area contributed by atoms with Gasteiger partial charge in [-0.2, -0.15) is 0 Å². The Hall–Kier alpha value is -1.77. The van der Waals surface area contributed by atoms with Gasteiger partial charge in [0.05, 0.1) is 20.8 Å². The molecule has 1 aromatic rings. The number of nitrogens with zero attached hydrogens (tertiary/aromatic N) is 1. The Balaban J connectivity index is 2.87. The number of hydrogen-bond acceptors (Lipinski definition) is 3. The molecule has 0 atom stereocenters. The summed E-state index contributed by atoms with van der Waals surface area (Å²) in [5, 5.41) is 0. The topological polar surface area (TPSA) is 30.8 Å². The van der Waals surface area contributed by atoms with Gasteiger partial charge in [0, 0.05) is 6.21 Å². The zero-order chi connectivity index (χ0) is 11.1. The monoisotopic (exact) mass is 205 g/mol. The molecule has 0 radical (unpaired) electrons. The van der Waals surface area contributed by atoms with Crippen LogP contribution in [0.3, 0.4) is 0 Å². The molecule has 3 heteroatoms. The SMILES string of the molecule is C=CCN=Cc1ccc(OC)c(OC)c1. The Labute approximate surface area is 90.1 Å². The summed E-state index contributed by atoms with van der Waals surface area (Å²) in [6.45, 7) is 4.21. The quantitative estimate of drug-likeness (QED) is 0.545. The summed E-state index contributed by atoms with van der Waals surface area (Å²) in [5.41, 5.74) is 0.981. The predicted molar refractivity (Wildman–Crippen MR) is 62.2 cm³/mol. The van der Waals surface area contributed by atoms with Crippen LogP contribution in [0.5, 0.6) is 11.5 Å². The van der Waals surface area contributed by atoms with Crippen molar-refractivity contribution in [3.05, 3.63) is 36.4 Å². The van der Waals surface area contributed by atoms with Gasteiger partial charge in [-0.05, 0) is 23.8 Å². The van der Waals surface area contributed by atoms with E-state index in [0.29, 0.717) is 12.3 Å². The van der Waals surface area contributed by atoms with Crippen molar-refractivity contribution in [3.8, 4) is 11.5 Å². The van der Waals surface area contributed by atoms with E-state index < -0.39 is 0 Å². The van der Waals surface area contributed by atoms with Crippen LogP contribution in [-0.4, -0.2) is 27.0 Å². The molecular formula is C12H15NO2. The maximum absolute atomic E-state index is 5.18. The van der Waals surface area contributed by atoms with Gasteiger partial charge in [-0.25, -0.2) is 0 Å². The second-order valence-corrected chi connectivity index (χ2v) is 2.90. The van der Waals surface area contributed by atoms with Gasteiger partial charge in [-0.15, -0.1) is 6.58 Å². The van der Waals surface area contributed by atoms with Gasteiger partial charge in [0.25, 0.3) is 0 Å². The number of methoxy groups -OCH3 is 2. The van der Waals surface area contributed by atoms with Crippen LogP contribution < -0.4 is 9.47 Å². The molecule has 0 aliphatic heterocycles. The van der Waals surface area contributed by atoms with Crippen LogP contribution in [0.4, 0.5) is 0 Å². The van der Waals surface area contributed by atoms with Crippen molar-refractivity contribution in [3.63, 3.8) is 0 Å². The zero-order valence-corrected chi connectivity index (χ0v) is 9.06. The van der Waals surface area contributed by atoms with E-state index in [-0.39, 0.29) is 0 Å². The lowest BCUT2D eigenvalue weighted by molar-refractivity contribution is 0.355. The van der Waals surface area contributed by atoms with Crippen LogP contribution in [0.2, 0.25) is 0 Å². The Morgan fingerprint density at radius 2 is 2.00 bits per heavy atom. The maximum Gasteiger partial charge on any atom is 0.161 e. The van der Waals surface area contributed by atoms with E-state index in [0.717, 1.165) is 11.3 Å². The molecule has 0 fully saturated rings. The van der Waals surface area contributed by atoms with E-state index in [2.05, 4.69) is 11.6 Å². The molecule has 0 saturated carbocycles. The highest BCUT2D eigenvalue weighted by atomic mass is 16.5. The van der Waals surface area contributed by atoms with Gasteiger partial charge in [-0.1, -0.05) is 6.08 Å². The smallest absolute Gasteiger partial charge is 0.161 e. The zero-order valence-electron chi connectivity index (χ0n) is 9.06. The molecule has 0 unspecified atom stereocenters. The molecule has 1 rings (SSSR count). The molecule has 3 nitrogen and oxygen atoms in total. The minimum absolute atomic E-state index is 0.619. The summed E-state index contributed by atoms with van der Waals surface area (Å²) < 4.78 is 10.3. The van der Waals surface area contributed by atoms with Crippen LogP contribution in [-0.2, 0) is 0 Å². The molecule has 0 aliphatic carbocycles.